The molecule has 0 heterocycles. The SMILES string of the molecule is Cc1cccc(C(=O)OCC(=O)N(C)C2CCCc3ccccc32)c1. The zero-order chi connectivity index (χ0) is 17.8. The van der Waals surface area contributed by atoms with Gasteiger partial charge in [0.1, 0.15) is 0 Å². The fourth-order valence-electron chi connectivity index (χ4n) is 3.39. The lowest BCUT2D eigenvalue weighted by atomic mass is 9.87. The lowest BCUT2D eigenvalue weighted by Crippen LogP contribution is -2.36. The van der Waals surface area contributed by atoms with Gasteiger partial charge < -0.3 is 9.64 Å². The average Bonchev–Trinajstić information content (AvgIpc) is 2.64. The van der Waals surface area contributed by atoms with Crippen LogP contribution in [-0.4, -0.2) is 30.4 Å². The Kier molecular flexibility index (Phi) is 5.17. The summed E-state index contributed by atoms with van der Waals surface area (Å²) in [5, 5.41) is 0. The van der Waals surface area contributed by atoms with Crippen molar-refractivity contribution in [3.63, 3.8) is 0 Å². The molecule has 4 heteroatoms. The number of carbonyl (C=O) groups excluding carboxylic acids is 2. The summed E-state index contributed by atoms with van der Waals surface area (Å²) in [6, 6.07) is 15.5. The normalized spacial score (nSPS) is 16.0. The number of likely N-dealkylation sites (N-methyl/N-ethyl adjacent to an activating group) is 1. The van der Waals surface area contributed by atoms with Gasteiger partial charge in [0, 0.05) is 7.05 Å². The van der Waals surface area contributed by atoms with Gasteiger partial charge in [0.2, 0.25) is 0 Å². The minimum atomic E-state index is -0.463. The van der Waals surface area contributed by atoms with Gasteiger partial charge in [-0.1, -0.05) is 42.0 Å². The molecular formula is C21H23NO3. The number of nitrogens with zero attached hydrogens (tertiary/aromatic N) is 1. The van der Waals surface area contributed by atoms with Crippen LogP contribution in [0, 0.1) is 6.92 Å². The molecule has 25 heavy (non-hydrogen) atoms. The minimum absolute atomic E-state index is 0.0510. The standard InChI is InChI=1S/C21H23NO3/c1-15-7-5-10-17(13-15)21(24)25-14-20(23)22(2)19-12-6-9-16-8-3-4-11-18(16)19/h3-5,7-8,10-11,13,19H,6,9,12,14H2,1-2H3. The molecule has 0 aromatic heterocycles. The Morgan fingerprint density at radius 1 is 1.16 bits per heavy atom. The molecular weight excluding hydrogens is 314 g/mol. The number of hydrogen-bond donors (Lipinski definition) is 0. The first-order valence-corrected chi connectivity index (χ1v) is 8.63. The Labute approximate surface area is 148 Å². The van der Waals surface area contributed by atoms with Gasteiger partial charge in [-0.25, -0.2) is 4.79 Å². The van der Waals surface area contributed by atoms with Crippen LogP contribution in [0.4, 0.5) is 0 Å². The Hall–Kier alpha value is -2.62. The number of fused-ring (bicyclic) bond motifs is 1. The minimum Gasteiger partial charge on any atom is -0.452 e. The summed E-state index contributed by atoms with van der Waals surface area (Å²) in [6.45, 7) is 1.68. The molecule has 4 nitrogen and oxygen atoms in total. The van der Waals surface area contributed by atoms with Gasteiger partial charge in [-0.3, -0.25) is 4.79 Å². The summed E-state index contributed by atoms with van der Waals surface area (Å²) in [5.74, 6) is -0.641. The maximum absolute atomic E-state index is 12.5. The molecule has 0 radical (unpaired) electrons. The van der Waals surface area contributed by atoms with Crippen LogP contribution in [0.3, 0.4) is 0 Å². The topological polar surface area (TPSA) is 46.6 Å². The van der Waals surface area contributed by atoms with Gasteiger partial charge in [0.15, 0.2) is 6.61 Å². The van der Waals surface area contributed by atoms with Crippen LogP contribution < -0.4 is 0 Å². The third-order valence-corrected chi connectivity index (χ3v) is 4.78. The lowest BCUT2D eigenvalue weighted by molar-refractivity contribution is -0.135. The summed E-state index contributed by atoms with van der Waals surface area (Å²) in [6.07, 6.45) is 3.05. The van der Waals surface area contributed by atoms with Gasteiger partial charge in [-0.2, -0.15) is 0 Å². The molecule has 3 rings (SSSR count). The molecule has 2 aromatic carbocycles. The third-order valence-electron chi connectivity index (χ3n) is 4.78. The summed E-state index contributed by atoms with van der Waals surface area (Å²) in [7, 11) is 1.79. The van der Waals surface area contributed by atoms with E-state index in [-0.39, 0.29) is 18.6 Å². The second kappa shape index (κ2) is 7.51. The van der Waals surface area contributed by atoms with E-state index >= 15 is 0 Å². The first-order chi connectivity index (χ1) is 12.1. The molecule has 2 aromatic rings. The van der Waals surface area contributed by atoms with E-state index < -0.39 is 5.97 Å². The zero-order valence-electron chi connectivity index (χ0n) is 14.7. The molecule has 0 fully saturated rings. The number of rotatable bonds is 4. The fraction of sp³-hybridized carbons (Fsp3) is 0.333. The fourth-order valence-corrected chi connectivity index (χ4v) is 3.39. The van der Waals surface area contributed by atoms with E-state index in [0.29, 0.717) is 5.56 Å². The number of amides is 1. The molecule has 1 atom stereocenters. The molecule has 1 unspecified atom stereocenters. The highest BCUT2D eigenvalue weighted by Gasteiger charge is 2.27. The molecule has 0 bridgehead atoms. The van der Waals surface area contributed by atoms with Gasteiger partial charge in [-0.15, -0.1) is 0 Å². The van der Waals surface area contributed by atoms with Gasteiger partial charge in [0.25, 0.3) is 5.91 Å². The van der Waals surface area contributed by atoms with E-state index in [0.717, 1.165) is 24.8 Å². The van der Waals surface area contributed by atoms with Crippen LogP contribution in [0.1, 0.15) is 45.9 Å². The molecule has 0 saturated carbocycles. The van der Waals surface area contributed by atoms with Crippen LogP contribution in [-0.2, 0) is 16.0 Å². The van der Waals surface area contributed by atoms with Crippen LogP contribution in [0.25, 0.3) is 0 Å². The van der Waals surface area contributed by atoms with Crippen molar-refractivity contribution >= 4 is 11.9 Å². The maximum Gasteiger partial charge on any atom is 0.338 e. The molecule has 0 N–H and O–H groups in total. The summed E-state index contributed by atoms with van der Waals surface area (Å²) in [5.41, 5.74) is 3.96. The van der Waals surface area contributed by atoms with Crippen LogP contribution in [0.5, 0.6) is 0 Å². The lowest BCUT2D eigenvalue weighted by Gasteiger charge is -2.33. The highest BCUT2D eigenvalue weighted by Crippen LogP contribution is 2.33. The Morgan fingerprint density at radius 2 is 1.96 bits per heavy atom. The van der Waals surface area contributed by atoms with Crippen molar-refractivity contribution in [2.75, 3.05) is 13.7 Å². The first kappa shape index (κ1) is 17.2. The summed E-state index contributed by atoms with van der Waals surface area (Å²) >= 11 is 0. The Balaban J connectivity index is 1.63. The van der Waals surface area contributed by atoms with Crippen molar-refractivity contribution in [1.29, 1.82) is 0 Å². The number of esters is 1. The second-order valence-corrected chi connectivity index (χ2v) is 6.56. The Morgan fingerprint density at radius 3 is 2.76 bits per heavy atom. The van der Waals surface area contributed by atoms with E-state index in [2.05, 4.69) is 12.1 Å². The first-order valence-electron chi connectivity index (χ1n) is 8.63. The molecule has 1 aliphatic rings. The zero-order valence-corrected chi connectivity index (χ0v) is 14.7. The summed E-state index contributed by atoms with van der Waals surface area (Å²) in [4.78, 5) is 26.3. The van der Waals surface area contributed by atoms with E-state index in [9.17, 15) is 9.59 Å². The Bertz CT molecular complexity index is 784. The monoisotopic (exact) mass is 337 g/mol. The van der Waals surface area contributed by atoms with Crippen molar-refractivity contribution < 1.29 is 14.3 Å². The van der Waals surface area contributed by atoms with Crippen molar-refractivity contribution in [3.05, 3.63) is 70.8 Å². The van der Waals surface area contributed by atoms with Crippen molar-refractivity contribution in [2.24, 2.45) is 0 Å². The van der Waals surface area contributed by atoms with Crippen molar-refractivity contribution in [1.82, 2.24) is 4.90 Å². The molecule has 0 spiro atoms. The smallest absolute Gasteiger partial charge is 0.338 e. The van der Waals surface area contributed by atoms with Gasteiger partial charge in [-0.05, 0) is 49.4 Å². The number of hydrogen-bond acceptors (Lipinski definition) is 3. The third kappa shape index (κ3) is 3.90. The second-order valence-electron chi connectivity index (χ2n) is 6.56. The van der Waals surface area contributed by atoms with Crippen molar-refractivity contribution in [3.8, 4) is 0 Å². The number of ether oxygens (including phenoxy) is 1. The number of carbonyl (C=O) groups is 2. The maximum atomic E-state index is 12.5. The number of benzene rings is 2. The number of aryl methyl sites for hydroxylation is 2. The highest BCUT2D eigenvalue weighted by atomic mass is 16.5. The highest BCUT2D eigenvalue weighted by molar-refractivity contribution is 5.91. The van der Waals surface area contributed by atoms with Gasteiger partial charge in [0.05, 0.1) is 11.6 Å². The van der Waals surface area contributed by atoms with Crippen molar-refractivity contribution in [2.45, 2.75) is 32.2 Å². The molecule has 1 aliphatic carbocycles. The predicted octanol–water partition coefficient (Wildman–Crippen LogP) is 3.69. The van der Waals surface area contributed by atoms with E-state index in [4.69, 9.17) is 4.74 Å². The molecule has 0 aliphatic heterocycles. The van der Waals surface area contributed by atoms with E-state index in [1.54, 1.807) is 30.1 Å². The van der Waals surface area contributed by atoms with E-state index in [1.165, 1.54) is 11.1 Å². The summed E-state index contributed by atoms with van der Waals surface area (Å²) < 4.78 is 5.21. The van der Waals surface area contributed by atoms with Crippen LogP contribution in [0.15, 0.2) is 48.5 Å². The quantitative estimate of drug-likeness (QED) is 0.800. The molecule has 0 saturated heterocycles. The molecule has 1 amide bonds. The van der Waals surface area contributed by atoms with Gasteiger partial charge >= 0.3 is 5.97 Å². The van der Waals surface area contributed by atoms with E-state index in [1.807, 2.05) is 25.1 Å². The molecule has 130 valence electrons. The largest absolute Gasteiger partial charge is 0.452 e. The van der Waals surface area contributed by atoms with Crippen LogP contribution >= 0.6 is 0 Å². The van der Waals surface area contributed by atoms with Crippen LogP contribution in [0.2, 0.25) is 0 Å². The predicted molar refractivity (Wildman–Crippen MR) is 96.4 cm³/mol. The average molecular weight is 337 g/mol.